The quantitative estimate of drug-likeness (QED) is 0.584. The summed E-state index contributed by atoms with van der Waals surface area (Å²) in [4.78, 5) is 0. The highest BCUT2D eigenvalue weighted by Gasteiger charge is 2.01. The first-order chi connectivity index (χ1) is 7.72. The SMILES string of the molecule is C=CCNCC(C)OCc1ccc(Cl)cc1. The largest absolute Gasteiger partial charge is 0.373 e. The lowest BCUT2D eigenvalue weighted by Gasteiger charge is -2.13. The van der Waals surface area contributed by atoms with Crippen molar-refractivity contribution in [2.75, 3.05) is 13.1 Å². The molecule has 0 bridgehead atoms. The van der Waals surface area contributed by atoms with Crippen LogP contribution in [0.2, 0.25) is 5.02 Å². The maximum atomic E-state index is 5.80. The Morgan fingerprint density at radius 2 is 2.12 bits per heavy atom. The number of halogens is 1. The molecule has 88 valence electrons. The van der Waals surface area contributed by atoms with Crippen LogP contribution < -0.4 is 5.32 Å². The van der Waals surface area contributed by atoms with E-state index >= 15 is 0 Å². The molecule has 1 N–H and O–H groups in total. The zero-order chi connectivity index (χ0) is 11.8. The average Bonchev–Trinajstić information content (AvgIpc) is 2.29. The molecule has 0 heterocycles. The number of hydrogen-bond donors (Lipinski definition) is 1. The molecular formula is C13H18ClNO. The van der Waals surface area contributed by atoms with Crippen LogP contribution in [-0.4, -0.2) is 19.2 Å². The van der Waals surface area contributed by atoms with Gasteiger partial charge in [-0.2, -0.15) is 0 Å². The van der Waals surface area contributed by atoms with E-state index in [2.05, 4.69) is 11.9 Å². The van der Waals surface area contributed by atoms with Crippen LogP contribution in [0.1, 0.15) is 12.5 Å². The molecule has 1 aromatic rings. The van der Waals surface area contributed by atoms with Gasteiger partial charge in [-0.1, -0.05) is 29.8 Å². The first-order valence-corrected chi connectivity index (χ1v) is 5.78. The molecule has 0 spiro atoms. The van der Waals surface area contributed by atoms with Crippen LogP contribution in [0.25, 0.3) is 0 Å². The lowest BCUT2D eigenvalue weighted by Crippen LogP contribution is -2.26. The van der Waals surface area contributed by atoms with Crippen molar-refractivity contribution < 1.29 is 4.74 Å². The van der Waals surface area contributed by atoms with Crippen molar-refractivity contribution in [3.05, 3.63) is 47.5 Å². The molecule has 0 fully saturated rings. The van der Waals surface area contributed by atoms with Crippen molar-refractivity contribution >= 4 is 11.6 Å². The maximum Gasteiger partial charge on any atom is 0.0721 e. The van der Waals surface area contributed by atoms with Crippen LogP contribution >= 0.6 is 11.6 Å². The van der Waals surface area contributed by atoms with Crippen LogP contribution in [-0.2, 0) is 11.3 Å². The Balaban J connectivity index is 2.23. The Hall–Kier alpha value is -0.830. The van der Waals surface area contributed by atoms with E-state index in [1.165, 1.54) is 0 Å². The van der Waals surface area contributed by atoms with Crippen molar-refractivity contribution in [1.82, 2.24) is 5.32 Å². The summed E-state index contributed by atoms with van der Waals surface area (Å²) in [5.41, 5.74) is 1.14. The third-order valence-corrected chi connectivity index (χ3v) is 2.42. The van der Waals surface area contributed by atoms with E-state index in [4.69, 9.17) is 16.3 Å². The Morgan fingerprint density at radius 3 is 2.75 bits per heavy atom. The van der Waals surface area contributed by atoms with Crippen molar-refractivity contribution in [1.29, 1.82) is 0 Å². The van der Waals surface area contributed by atoms with Crippen LogP contribution in [0.5, 0.6) is 0 Å². The number of ether oxygens (including phenoxy) is 1. The standard InChI is InChI=1S/C13H18ClNO/c1-3-8-15-9-11(2)16-10-12-4-6-13(14)7-5-12/h3-7,11,15H,1,8-10H2,2H3. The molecular weight excluding hydrogens is 222 g/mol. The summed E-state index contributed by atoms with van der Waals surface area (Å²) in [6.07, 6.45) is 2.03. The fourth-order valence-electron chi connectivity index (χ4n) is 1.27. The first kappa shape index (κ1) is 13.2. The van der Waals surface area contributed by atoms with Crippen LogP contribution in [0.4, 0.5) is 0 Å². The van der Waals surface area contributed by atoms with Gasteiger partial charge in [0.2, 0.25) is 0 Å². The van der Waals surface area contributed by atoms with Gasteiger partial charge < -0.3 is 10.1 Å². The van der Waals surface area contributed by atoms with E-state index in [1.807, 2.05) is 37.3 Å². The predicted molar refractivity (Wildman–Crippen MR) is 68.8 cm³/mol. The van der Waals surface area contributed by atoms with E-state index in [1.54, 1.807) is 0 Å². The molecule has 0 radical (unpaired) electrons. The van der Waals surface area contributed by atoms with Gasteiger partial charge in [0.15, 0.2) is 0 Å². The zero-order valence-electron chi connectivity index (χ0n) is 9.58. The molecule has 1 rings (SSSR count). The van der Waals surface area contributed by atoms with Crippen LogP contribution in [0.15, 0.2) is 36.9 Å². The second-order valence-electron chi connectivity index (χ2n) is 3.70. The summed E-state index contributed by atoms with van der Waals surface area (Å²) in [6, 6.07) is 7.71. The molecule has 1 atom stereocenters. The Kier molecular flexibility index (Phi) is 6.16. The van der Waals surface area contributed by atoms with E-state index in [-0.39, 0.29) is 6.10 Å². The van der Waals surface area contributed by atoms with Crippen molar-refractivity contribution in [3.8, 4) is 0 Å². The second-order valence-corrected chi connectivity index (χ2v) is 4.13. The summed E-state index contributed by atoms with van der Waals surface area (Å²) >= 11 is 5.80. The molecule has 0 saturated carbocycles. The van der Waals surface area contributed by atoms with Crippen LogP contribution in [0, 0.1) is 0 Å². The molecule has 0 aliphatic heterocycles. The smallest absolute Gasteiger partial charge is 0.0721 e. The highest BCUT2D eigenvalue weighted by Crippen LogP contribution is 2.10. The molecule has 0 saturated heterocycles. The lowest BCUT2D eigenvalue weighted by atomic mass is 10.2. The third kappa shape index (κ3) is 5.31. The molecule has 16 heavy (non-hydrogen) atoms. The normalized spacial score (nSPS) is 12.4. The molecule has 1 aromatic carbocycles. The predicted octanol–water partition coefficient (Wildman–Crippen LogP) is 3.02. The molecule has 0 aliphatic carbocycles. The molecule has 0 aliphatic rings. The van der Waals surface area contributed by atoms with Gasteiger partial charge >= 0.3 is 0 Å². The summed E-state index contributed by atoms with van der Waals surface area (Å²) < 4.78 is 5.67. The number of nitrogens with one attached hydrogen (secondary N) is 1. The van der Waals surface area contributed by atoms with Gasteiger partial charge in [0, 0.05) is 18.1 Å². The minimum atomic E-state index is 0.190. The Morgan fingerprint density at radius 1 is 1.44 bits per heavy atom. The highest BCUT2D eigenvalue weighted by atomic mass is 35.5. The number of benzene rings is 1. The first-order valence-electron chi connectivity index (χ1n) is 5.40. The topological polar surface area (TPSA) is 21.3 Å². The minimum Gasteiger partial charge on any atom is -0.373 e. The zero-order valence-corrected chi connectivity index (χ0v) is 10.3. The fourth-order valence-corrected chi connectivity index (χ4v) is 1.39. The summed E-state index contributed by atoms with van der Waals surface area (Å²) in [5, 5.41) is 3.97. The fraction of sp³-hybridized carbons (Fsp3) is 0.385. The van der Waals surface area contributed by atoms with Gasteiger partial charge in [0.25, 0.3) is 0 Å². The Labute approximate surface area is 102 Å². The number of rotatable bonds is 7. The third-order valence-electron chi connectivity index (χ3n) is 2.17. The van der Waals surface area contributed by atoms with Gasteiger partial charge in [-0.25, -0.2) is 0 Å². The van der Waals surface area contributed by atoms with Gasteiger partial charge in [-0.3, -0.25) is 0 Å². The van der Waals surface area contributed by atoms with Gasteiger partial charge in [-0.05, 0) is 24.6 Å². The maximum absolute atomic E-state index is 5.80. The summed E-state index contributed by atoms with van der Waals surface area (Å²) in [7, 11) is 0. The summed E-state index contributed by atoms with van der Waals surface area (Å²) in [5.74, 6) is 0. The van der Waals surface area contributed by atoms with E-state index < -0.39 is 0 Å². The van der Waals surface area contributed by atoms with Crippen LogP contribution in [0.3, 0.4) is 0 Å². The van der Waals surface area contributed by atoms with Gasteiger partial charge in [0.1, 0.15) is 0 Å². The van der Waals surface area contributed by atoms with Crippen molar-refractivity contribution in [2.24, 2.45) is 0 Å². The second kappa shape index (κ2) is 7.44. The van der Waals surface area contributed by atoms with Gasteiger partial charge in [-0.15, -0.1) is 6.58 Å². The molecule has 0 aromatic heterocycles. The highest BCUT2D eigenvalue weighted by molar-refractivity contribution is 6.30. The monoisotopic (exact) mass is 239 g/mol. The molecule has 2 nitrogen and oxygen atoms in total. The average molecular weight is 240 g/mol. The van der Waals surface area contributed by atoms with Gasteiger partial charge in [0.05, 0.1) is 12.7 Å². The lowest BCUT2D eigenvalue weighted by molar-refractivity contribution is 0.0539. The molecule has 3 heteroatoms. The minimum absolute atomic E-state index is 0.190. The van der Waals surface area contributed by atoms with E-state index in [0.29, 0.717) is 6.61 Å². The van der Waals surface area contributed by atoms with E-state index in [0.717, 1.165) is 23.7 Å². The molecule has 0 amide bonds. The summed E-state index contributed by atoms with van der Waals surface area (Å²) in [6.45, 7) is 7.96. The van der Waals surface area contributed by atoms with Crippen molar-refractivity contribution in [2.45, 2.75) is 19.6 Å². The Bertz CT molecular complexity index is 310. The molecule has 1 unspecified atom stereocenters. The van der Waals surface area contributed by atoms with Crippen molar-refractivity contribution in [3.63, 3.8) is 0 Å². The number of hydrogen-bond acceptors (Lipinski definition) is 2. The van der Waals surface area contributed by atoms with E-state index in [9.17, 15) is 0 Å².